The third kappa shape index (κ3) is 3.72. The standard InChI is InChI=1S/C14H24ClN5/c1-10(2)11-6-5-8-20(9-7-11)14-17-12(15)16-13(18-14)19(3)4/h10-11H,5-9H2,1-4H3. The Kier molecular flexibility index (Phi) is 5.02. The van der Waals surface area contributed by atoms with E-state index in [1.165, 1.54) is 19.3 Å². The smallest absolute Gasteiger partial charge is 0.231 e. The molecule has 1 saturated heterocycles. The lowest BCUT2D eigenvalue weighted by atomic mass is 9.89. The predicted molar refractivity (Wildman–Crippen MR) is 83.6 cm³/mol. The van der Waals surface area contributed by atoms with Crippen LogP contribution in [0.5, 0.6) is 0 Å². The zero-order valence-corrected chi connectivity index (χ0v) is 13.6. The van der Waals surface area contributed by atoms with Gasteiger partial charge < -0.3 is 9.80 Å². The van der Waals surface area contributed by atoms with Gasteiger partial charge in [-0.2, -0.15) is 15.0 Å². The minimum atomic E-state index is 0.267. The fraction of sp³-hybridized carbons (Fsp3) is 0.786. The van der Waals surface area contributed by atoms with Crippen molar-refractivity contribution in [3.63, 3.8) is 0 Å². The molecule has 0 saturated carbocycles. The van der Waals surface area contributed by atoms with Crippen molar-refractivity contribution >= 4 is 23.5 Å². The maximum absolute atomic E-state index is 6.02. The van der Waals surface area contributed by atoms with Crippen LogP contribution in [-0.4, -0.2) is 42.1 Å². The van der Waals surface area contributed by atoms with Crippen LogP contribution in [0.15, 0.2) is 0 Å². The highest BCUT2D eigenvalue weighted by atomic mass is 35.5. The highest BCUT2D eigenvalue weighted by Gasteiger charge is 2.21. The molecule has 1 unspecified atom stereocenters. The van der Waals surface area contributed by atoms with Gasteiger partial charge in [0.25, 0.3) is 0 Å². The fourth-order valence-electron chi connectivity index (χ4n) is 2.66. The van der Waals surface area contributed by atoms with E-state index in [0.717, 1.165) is 24.9 Å². The van der Waals surface area contributed by atoms with Crippen LogP contribution in [-0.2, 0) is 0 Å². The number of hydrogen-bond acceptors (Lipinski definition) is 5. The molecule has 20 heavy (non-hydrogen) atoms. The molecule has 1 fully saturated rings. The zero-order chi connectivity index (χ0) is 14.7. The molecular weight excluding hydrogens is 274 g/mol. The van der Waals surface area contributed by atoms with Crippen molar-refractivity contribution in [1.29, 1.82) is 0 Å². The molecule has 1 aliphatic rings. The van der Waals surface area contributed by atoms with Crippen molar-refractivity contribution in [2.24, 2.45) is 11.8 Å². The topological polar surface area (TPSA) is 45.2 Å². The average Bonchev–Trinajstić information content (AvgIpc) is 2.63. The van der Waals surface area contributed by atoms with Crippen LogP contribution in [0, 0.1) is 11.8 Å². The van der Waals surface area contributed by atoms with Crippen molar-refractivity contribution in [2.75, 3.05) is 37.0 Å². The molecule has 1 aromatic heterocycles. The van der Waals surface area contributed by atoms with E-state index in [2.05, 4.69) is 33.7 Å². The molecule has 5 nitrogen and oxygen atoms in total. The molecule has 0 bridgehead atoms. The predicted octanol–water partition coefficient (Wildman–Crippen LogP) is 2.85. The molecule has 0 amide bonds. The SMILES string of the molecule is CC(C)C1CCCN(c2nc(Cl)nc(N(C)C)n2)CC1. The summed E-state index contributed by atoms with van der Waals surface area (Å²) in [5, 5.41) is 0.267. The van der Waals surface area contributed by atoms with Gasteiger partial charge in [-0.15, -0.1) is 0 Å². The van der Waals surface area contributed by atoms with Crippen molar-refractivity contribution in [3.05, 3.63) is 5.28 Å². The molecule has 1 aromatic rings. The van der Waals surface area contributed by atoms with Crippen molar-refractivity contribution < 1.29 is 0 Å². The van der Waals surface area contributed by atoms with Gasteiger partial charge in [0.05, 0.1) is 0 Å². The van der Waals surface area contributed by atoms with Crippen LogP contribution in [0.1, 0.15) is 33.1 Å². The van der Waals surface area contributed by atoms with E-state index in [1.807, 2.05) is 19.0 Å². The van der Waals surface area contributed by atoms with Crippen LogP contribution >= 0.6 is 11.6 Å². The monoisotopic (exact) mass is 297 g/mol. The van der Waals surface area contributed by atoms with Crippen LogP contribution in [0.4, 0.5) is 11.9 Å². The van der Waals surface area contributed by atoms with Gasteiger partial charge in [0.15, 0.2) is 0 Å². The van der Waals surface area contributed by atoms with E-state index >= 15 is 0 Å². The summed E-state index contributed by atoms with van der Waals surface area (Å²) in [7, 11) is 3.82. The van der Waals surface area contributed by atoms with Gasteiger partial charge in [-0.25, -0.2) is 0 Å². The van der Waals surface area contributed by atoms with Gasteiger partial charge in [-0.1, -0.05) is 13.8 Å². The second-order valence-corrected chi connectivity index (χ2v) is 6.36. The normalized spacial score (nSPS) is 20.1. The van der Waals surface area contributed by atoms with Gasteiger partial charge in [0.2, 0.25) is 17.2 Å². The molecule has 0 spiro atoms. The fourth-order valence-corrected chi connectivity index (χ4v) is 2.81. The quantitative estimate of drug-likeness (QED) is 0.858. The number of halogens is 1. The Hall–Kier alpha value is -1.10. The van der Waals surface area contributed by atoms with E-state index in [1.54, 1.807) is 0 Å². The molecule has 1 aliphatic heterocycles. The first-order valence-electron chi connectivity index (χ1n) is 7.31. The third-order valence-corrected chi connectivity index (χ3v) is 4.15. The molecule has 0 aromatic carbocycles. The first kappa shape index (κ1) is 15.3. The Morgan fingerprint density at radius 2 is 1.90 bits per heavy atom. The maximum atomic E-state index is 6.02. The molecule has 0 N–H and O–H groups in total. The van der Waals surface area contributed by atoms with E-state index in [-0.39, 0.29) is 5.28 Å². The number of anilines is 2. The lowest BCUT2D eigenvalue weighted by Gasteiger charge is -2.22. The van der Waals surface area contributed by atoms with Gasteiger partial charge in [0.1, 0.15) is 0 Å². The summed E-state index contributed by atoms with van der Waals surface area (Å²) in [5.74, 6) is 2.86. The Balaban J connectivity index is 2.15. The molecule has 112 valence electrons. The number of hydrogen-bond donors (Lipinski definition) is 0. The summed E-state index contributed by atoms with van der Waals surface area (Å²) in [6.07, 6.45) is 3.66. The number of rotatable bonds is 3. The van der Waals surface area contributed by atoms with Crippen molar-refractivity contribution in [1.82, 2.24) is 15.0 Å². The second-order valence-electron chi connectivity index (χ2n) is 6.02. The molecule has 1 atom stereocenters. The number of aromatic nitrogens is 3. The molecular formula is C14H24ClN5. The van der Waals surface area contributed by atoms with Crippen molar-refractivity contribution in [2.45, 2.75) is 33.1 Å². The third-order valence-electron chi connectivity index (χ3n) is 3.98. The highest BCUT2D eigenvalue weighted by molar-refractivity contribution is 6.28. The van der Waals surface area contributed by atoms with E-state index in [0.29, 0.717) is 11.9 Å². The lowest BCUT2D eigenvalue weighted by molar-refractivity contribution is 0.351. The summed E-state index contributed by atoms with van der Waals surface area (Å²) < 4.78 is 0. The number of nitrogens with zero attached hydrogens (tertiary/aromatic N) is 5. The second kappa shape index (κ2) is 6.57. The van der Waals surface area contributed by atoms with E-state index < -0.39 is 0 Å². The van der Waals surface area contributed by atoms with Crippen molar-refractivity contribution in [3.8, 4) is 0 Å². The Morgan fingerprint density at radius 3 is 2.55 bits per heavy atom. The van der Waals surface area contributed by atoms with Crippen LogP contribution in [0.25, 0.3) is 0 Å². The molecule has 2 rings (SSSR count). The Morgan fingerprint density at radius 1 is 1.15 bits per heavy atom. The molecule has 0 radical (unpaired) electrons. The molecule has 0 aliphatic carbocycles. The summed E-state index contributed by atoms with van der Waals surface area (Å²) in [5.41, 5.74) is 0. The summed E-state index contributed by atoms with van der Waals surface area (Å²) in [6, 6.07) is 0. The van der Waals surface area contributed by atoms with Gasteiger partial charge in [-0.05, 0) is 42.7 Å². The van der Waals surface area contributed by atoms with Gasteiger partial charge >= 0.3 is 0 Å². The summed E-state index contributed by atoms with van der Waals surface area (Å²) in [4.78, 5) is 17.0. The van der Waals surface area contributed by atoms with Crippen LogP contribution in [0.3, 0.4) is 0 Å². The minimum Gasteiger partial charge on any atom is -0.347 e. The maximum Gasteiger partial charge on any atom is 0.231 e. The van der Waals surface area contributed by atoms with E-state index in [9.17, 15) is 0 Å². The summed E-state index contributed by atoms with van der Waals surface area (Å²) >= 11 is 6.02. The minimum absolute atomic E-state index is 0.267. The van der Waals surface area contributed by atoms with Gasteiger partial charge in [0, 0.05) is 27.2 Å². The largest absolute Gasteiger partial charge is 0.347 e. The summed E-state index contributed by atoms with van der Waals surface area (Å²) in [6.45, 7) is 6.61. The molecule has 2 heterocycles. The van der Waals surface area contributed by atoms with E-state index in [4.69, 9.17) is 11.6 Å². The first-order chi connectivity index (χ1) is 9.47. The highest BCUT2D eigenvalue weighted by Crippen LogP contribution is 2.26. The lowest BCUT2D eigenvalue weighted by Crippen LogP contribution is -2.27. The first-order valence-corrected chi connectivity index (χ1v) is 7.69. The zero-order valence-electron chi connectivity index (χ0n) is 12.8. The van der Waals surface area contributed by atoms with Crippen LogP contribution < -0.4 is 9.80 Å². The average molecular weight is 298 g/mol. The van der Waals surface area contributed by atoms with Crippen LogP contribution in [0.2, 0.25) is 5.28 Å². The van der Waals surface area contributed by atoms with Gasteiger partial charge in [-0.3, -0.25) is 0 Å². The Labute approximate surface area is 126 Å². The Bertz CT molecular complexity index is 449. The molecule has 6 heteroatoms.